The van der Waals surface area contributed by atoms with Crippen LogP contribution >= 0.6 is 0 Å². The lowest BCUT2D eigenvalue weighted by atomic mass is 9.99. The third-order valence-electron chi connectivity index (χ3n) is 3.32. The molecule has 1 unspecified atom stereocenters. The zero-order valence-corrected chi connectivity index (χ0v) is 13.4. The van der Waals surface area contributed by atoms with Crippen molar-refractivity contribution in [2.24, 2.45) is 0 Å². The molecule has 0 radical (unpaired) electrons. The Labute approximate surface area is 127 Å². The molecule has 4 heteroatoms. The van der Waals surface area contributed by atoms with Crippen LogP contribution in [-0.2, 0) is 4.74 Å². The number of carbonyl (C=O) groups excluding carboxylic acids is 1. The van der Waals surface area contributed by atoms with Crippen molar-refractivity contribution in [1.29, 1.82) is 0 Å². The first-order chi connectivity index (χ1) is 9.88. The van der Waals surface area contributed by atoms with E-state index in [1.54, 1.807) is 13.2 Å². The molecule has 116 valence electrons. The minimum Gasteiger partial charge on any atom is -0.382 e. The Bertz CT molecular complexity index is 466. The molecule has 0 fully saturated rings. The number of methoxy groups -OCH3 is 1. The number of benzene rings is 1. The second-order valence-corrected chi connectivity index (χ2v) is 5.79. The van der Waals surface area contributed by atoms with Crippen molar-refractivity contribution >= 4 is 11.6 Å². The SMILES string of the molecule is C=CCNC(=O)c1ccc(NC(C)CC(C)(C)OC)cc1. The van der Waals surface area contributed by atoms with E-state index in [0.717, 1.165) is 12.1 Å². The van der Waals surface area contributed by atoms with Gasteiger partial charge in [-0.15, -0.1) is 6.58 Å². The van der Waals surface area contributed by atoms with Crippen LogP contribution in [-0.4, -0.2) is 31.2 Å². The smallest absolute Gasteiger partial charge is 0.251 e. The van der Waals surface area contributed by atoms with Gasteiger partial charge in [0.2, 0.25) is 0 Å². The van der Waals surface area contributed by atoms with Gasteiger partial charge >= 0.3 is 0 Å². The van der Waals surface area contributed by atoms with Crippen LogP contribution in [0.15, 0.2) is 36.9 Å². The van der Waals surface area contributed by atoms with Crippen LogP contribution in [0, 0.1) is 0 Å². The Morgan fingerprint density at radius 3 is 2.52 bits per heavy atom. The predicted molar refractivity (Wildman–Crippen MR) is 87.8 cm³/mol. The molecular weight excluding hydrogens is 264 g/mol. The van der Waals surface area contributed by atoms with Gasteiger partial charge in [0.15, 0.2) is 0 Å². The van der Waals surface area contributed by atoms with E-state index < -0.39 is 0 Å². The van der Waals surface area contributed by atoms with Crippen LogP contribution in [0.3, 0.4) is 0 Å². The Morgan fingerprint density at radius 1 is 1.38 bits per heavy atom. The summed E-state index contributed by atoms with van der Waals surface area (Å²) in [6.07, 6.45) is 2.55. The van der Waals surface area contributed by atoms with E-state index in [1.165, 1.54) is 0 Å². The largest absolute Gasteiger partial charge is 0.382 e. The summed E-state index contributed by atoms with van der Waals surface area (Å²) in [5, 5.41) is 6.17. The Balaban J connectivity index is 2.58. The van der Waals surface area contributed by atoms with Crippen molar-refractivity contribution in [2.75, 3.05) is 19.0 Å². The third-order valence-corrected chi connectivity index (χ3v) is 3.32. The molecule has 0 bridgehead atoms. The fourth-order valence-corrected chi connectivity index (χ4v) is 2.14. The van der Waals surface area contributed by atoms with E-state index in [-0.39, 0.29) is 17.6 Å². The van der Waals surface area contributed by atoms with Crippen LogP contribution in [0.2, 0.25) is 0 Å². The number of ether oxygens (including phenoxy) is 1. The topological polar surface area (TPSA) is 50.4 Å². The van der Waals surface area contributed by atoms with Crippen molar-refractivity contribution in [2.45, 2.75) is 38.8 Å². The van der Waals surface area contributed by atoms with Crippen LogP contribution in [0.25, 0.3) is 0 Å². The zero-order chi connectivity index (χ0) is 15.9. The summed E-state index contributed by atoms with van der Waals surface area (Å²) in [6.45, 7) is 10.3. The summed E-state index contributed by atoms with van der Waals surface area (Å²) in [5.41, 5.74) is 1.48. The van der Waals surface area contributed by atoms with Gasteiger partial charge in [0.25, 0.3) is 5.91 Å². The molecule has 0 heterocycles. The fraction of sp³-hybridized carbons (Fsp3) is 0.471. The van der Waals surface area contributed by atoms with Gasteiger partial charge < -0.3 is 15.4 Å². The second kappa shape index (κ2) is 7.84. The normalized spacial score (nSPS) is 12.6. The number of rotatable bonds is 8. The lowest BCUT2D eigenvalue weighted by Gasteiger charge is -2.27. The lowest BCUT2D eigenvalue weighted by molar-refractivity contribution is 0.0128. The van der Waals surface area contributed by atoms with E-state index in [2.05, 4.69) is 38.0 Å². The van der Waals surface area contributed by atoms with E-state index >= 15 is 0 Å². The maximum absolute atomic E-state index is 11.8. The van der Waals surface area contributed by atoms with Gasteiger partial charge in [-0.25, -0.2) is 0 Å². The van der Waals surface area contributed by atoms with Gasteiger partial charge in [-0.1, -0.05) is 6.08 Å². The number of hydrogen-bond donors (Lipinski definition) is 2. The number of amides is 1. The monoisotopic (exact) mass is 290 g/mol. The molecule has 0 aliphatic rings. The highest BCUT2D eigenvalue weighted by Crippen LogP contribution is 2.19. The van der Waals surface area contributed by atoms with Crippen molar-refractivity contribution in [1.82, 2.24) is 5.32 Å². The molecule has 0 aliphatic carbocycles. The van der Waals surface area contributed by atoms with Crippen molar-refractivity contribution < 1.29 is 9.53 Å². The Hall–Kier alpha value is -1.81. The highest BCUT2D eigenvalue weighted by Gasteiger charge is 2.20. The molecule has 1 amide bonds. The first-order valence-corrected chi connectivity index (χ1v) is 7.19. The quantitative estimate of drug-likeness (QED) is 0.723. The molecule has 1 aromatic rings. The van der Waals surface area contributed by atoms with Gasteiger partial charge in [0.05, 0.1) is 5.60 Å². The average molecular weight is 290 g/mol. The average Bonchev–Trinajstić information content (AvgIpc) is 2.45. The molecule has 1 aromatic carbocycles. The predicted octanol–water partition coefficient (Wildman–Crippen LogP) is 3.22. The Kier molecular flexibility index (Phi) is 6.43. The van der Waals surface area contributed by atoms with E-state index in [1.807, 2.05) is 24.3 Å². The van der Waals surface area contributed by atoms with E-state index in [0.29, 0.717) is 12.1 Å². The van der Waals surface area contributed by atoms with E-state index in [9.17, 15) is 4.79 Å². The second-order valence-electron chi connectivity index (χ2n) is 5.79. The molecular formula is C17H26N2O2. The van der Waals surface area contributed by atoms with Crippen molar-refractivity contribution in [3.8, 4) is 0 Å². The molecule has 1 atom stereocenters. The number of anilines is 1. The number of nitrogens with one attached hydrogen (secondary N) is 2. The fourth-order valence-electron chi connectivity index (χ4n) is 2.14. The molecule has 1 rings (SSSR count). The first kappa shape index (κ1) is 17.2. The van der Waals surface area contributed by atoms with Gasteiger partial charge in [0.1, 0.15) is 0 Å². The summed E-state index contributed by atoms with van der Waals surface area (Å²) in [5.74, 6) is -0.0879. The molecule has 21 heavy (non-hydrogen) atoms. The molecule has 2 N–H and O–H groups in total. The molecule has 0 saturated carbocycles. The summed E-state index contributed by atoms with van der Waals surface area (Å²) in [6, 6.07) is 7.74. The molecule has 0 aliphatic heterocycles. The highest BCUT2D eigenvalue weighted by atomic mass is 16.5. The van der Waals surface area contributed by atoms with Crippen LogP contribution in [0.4, 0.5) is 5.69 Å². The number of hydrogen-bond acceptors (Lipinski definition) is 3. The maximum Gasteiger partial charge on any atom is 0.251 e. The molecule has 0 aromatic heterocycles. The van der Waals surface area contributed by atoms with E-state index in [4.69, 9.17) is 4.74 Å². The molecule has 0 spiro atoms. The Morgan fingerprint density at radius 2 is 2.00 bits per heavy atom. The molecule has 4 nitrogen and oxygen atoms in total. The minimum atomic E-state index is -0.156. The minimum absolute atomic E-state index is 0.0879. The number of carbonyl (C=O) groups is 1. The van der Waals surface area contributed by atoms with Gasteiger partial charge in [-0.2, -0.15) is 0 Å². The standard InChI is InChI=1S/C17H26N2O2/c1-6-11-18-16(20)14-7-9-15(10-8-14)19-13(2)12-17(3,4)21-5/h6-10,13,19H,1,11-12H2,2-5H3,(H,18,20). The third kappa shape index (κ3) is 6.00. The summed E-state index contributed by atoms with van der Waals surface area (Å²) in [7, 11) is 1.73. The lowest BCUT2D eigenvalue weighted by Crippen LogP contribution is -2.31. The summed E-state index contributed by atoms with van der Waals surface area (Å²) in [4.78, 5) is 11.8. The van der Waals surface area contributed by atoms with Crippen LogP contribution < -0.4 is 10.6 Å². The van der Waals surface area contributed by atoms with Gasteiger partial charge in [-0.05, 0) is 51.5 Å². The highest BCUT2D eigenvalue weighted by molar-refractivity contribution is 5.94. The summed E-state index contributed by atoms with van der Waals surface area (Å²) >= 11 is 0. The molecule has 0 saturated heterocycles. The maximum atomic E-state index is 11.8. The van der Waals surface area contributed by atoms with Crippen molar-refractivity contribution in [3.05, 3.63) is 42.5 Å². The van der Waals surface area contributed by atoms with Gasteiger partial charge in [-0.3, -0.25) is 4.79 Å². The van der Waals surface area contributed by atoms with Crippen molar-refractivity contribution in [3.63, 3.8) is 0 Å². The zero-order valence-electron chi connectivity index (χ0n) is 13.4. The summed E-state index contributed by atoms with van der Waals surface area (Å²) < 4.78 is 5.43. The first-order valence-electron chi connectivity index (χ1n) is 7.19. The van der Waals surface area contributed by atoms with Crippen LogP contribution in [0.1, 0.15) is 37.6 Å². The van der Waals surface area contributed by atoms with Gasteiger partial charge in [0, 0.05) is 30.9 Å². The van der Waals surface area contributed by atoms with Crippen LogP contribution in [0.5, 0.6) is 0 Å².